The molecular weight excluding hydrogens is 428 g/mol. The van der Waals surface area contributed by atoms with Gasteiger partial charge in [-0.2, -0.15) is 0 Å². The molecule has 0 fully saturated rings. The first-order chi connectivity index (χ1) is 15.0. The fourth-order valence-electron chi connectivity index (χ4n) is 3.48. The number of aryl methyl sites for hydroxylation is 2. The summed E-state index contributed by atoms with van der Waals surface area (Å²) in [4.78, 5) is 35.8. The van der Waals surface area contributed by atoms with Crippen LogP contribution in [0, 0.1) is 13.8 Å². The number of hydrogen-bond donors (Lipinski definition) is 0. The predicted octanol–water partition coefficient (Wildman–Crippen LogP) is 4.36. The zero-order valence-electron chi connectivity index (χ0n) is 16.9. The fraction of sp³-hybridized carbons (Fsp3) is 0.130. The smallest absolute Gasteiger partial charge is 0.266 e. The van der Waals surface area contributed by atoms with Gasteiger partial charge in [-0.15, -0.1) is 11.3 Å². The Bertz CT molecular complexity index is 1570. The molecule has 0 saturated heterocycles. The molecular formula is C23H18N4O2S2. The lowest BCUT2D eigenvalue weighted by Gasteiger charge is -2.15. The second-order valence-electron chi connectivity index (χ2n) is 7.27. The van der Waals surface area contributed by atoms with E-state index >= 15 is 0 Å². The van der Waals surface area contributed by atoms with Crippen LogP contribution in [0.3, 0.4) is 0 Å². The maximum atomic E-state index is 13.5. The summed E-state index contributed by atoms with van der Waals surface area (Å²) in [6.45, 7) is 3.99. The minimum Gasteiger partial charge on any atom is -0.269 e. The van der Waals surface area contributed by atoms with E-state index in [9.17, 15) is 9.59 Å². The highest BCUT2D eigenvalue weighted by molar-refractivity contribution is 7.98. The number of fused-ring (bicyclic) bond motifs is 2. The molecule has 6 nitrogen and oxygen atoms in total. The van der Waals surface area contributed by atoms with E-state index in [-0.39, 0.29) is 11.1 Å². The molecule has 3 aromatic heterocycles. The molecule has 3 heterocycles. The van der Waals surface area contributed by atoms with Gasteiger partial charge in [-0.25, -0.2) is 9.97 Å². The van der Waals surface area contributed by atoms with Crippen molar-refractivity contribution in [2.75, 3.05) is 0 Å². The number of thiazole rings is 1. The number of hydrogen-bond acceptors (Lipinski definition) is 6. The van der Waals surface area contributed by atoms with Gasteiger partial charge in [-0.05, 0) is 43.2 Å². The molecule has 0 spiro atoms. The summed E-state index contributed by atoms with van der Waals surface area (Å²) in [6.07, 6.45) is 1.72. The third-order valence-corrected chi connectivity index (χ3v) is 6.78. The quantitative estimate of drug-likeness (QED) is 0.303. The van der Waals surface area contributed by atoms with Crippen LogP contribution < -0.4 is 11.1 Å². The second-order valence-corrected chi connectivity index (χ2v) is 9.09. The minimum atomic E-state index is -0.111. The number of benzene rings is 2. The van der Waals surface area contributed by atoms with Gasteiger partial charge in [0.1, 0.15) is 0 Å². The van der Waals surface area contributed by atoms with E-state index in [0.29, 0.717) is 32.5 Å². The topological polar surface area (TPSA) is 69.3 Å². The van der Waals surface area contributed by atoms with Crippen molar-refractivity contribution in [3.05, 3.63) is 97.6 Å². The molecule has 31 heavy (non-hydrogen) atoms. The van der Waals surface area contributed by atoms with E-state index in [0.717, 1.165) is 16.8 Å². The first kappa shape index (κ1) is 19.7. The van der Waals surface area contributed by atoms with Gasteiger partial charge in [-0.1, -0.05) is 36.0 Å². The van der Waals surface area contributed by atoms with Gasteiger partial charge in [0, 0.05) is 23.4 Å². The monoisotopic (exact) mass is 446 g/mol. The lowest BCUT2D eigenvalue weighted by molar-refractivity contribution is 0.813. The van der Waals surface area contributed by atoms with Gasteiger partial charge in [0.05, 0.1) is 22.3 Å². The Labute approximate surface area is 185 Å². The molecule has 2 aromatic carbocycles. The molecule has 0 aliphatic heterocycles. The van der Waals surface area contributed by atoms with Crippen molar-refractivity contribution < 1.29 is 0 Å². The molecule has 0 radical (unpaired) electrons. The van der Waals surface area contributed by atoms with Crippen LogP contribution >= 0.6 is 23.1 Å². The van der Waals surface area contributed by atoms with Crippen LogP contribution in [-0.2, 0) is 5.75 Å². The summed E-state index contributed by atoms with van der Waals surface area (Å²) < 4.78 is 3.20. The van der Waals surface area contributed by atoms with Crippen molar-refractivity contribution in [1.82, 2.24) is 18.9 Å². The SMILES string of the molecule is Cc1ccc(C)c(-n2c(SCc3cc(=O)n4ccsc4n3)nc3ccccc3c2=O)c1. The molecule has 0 N–H and O–H groups in total. The van der Waals surface area contributed by atoms with Gasteiger partial charge in [0.15, 0.2) is 10.1 Å². The van der Waals surface area contributed by atoms with Crippen LogP contribution in [0.5, 0.6) is 0 Å². The summed E-state index contributed by atoms with van der Waals surface area (Å²) >= 11 is 2.82. The van der Waals surface area contributed by atoms with Crippen LogP contribution in [0.25, 0.3) is 21.6 Å². The van der Waals surface area contributed by atoms with Crippen molar-refractivity contribution in [1.29, 1.82) is 0 Å². The average Bonchev–Trinajstić information content (AvgIpc) is 3.24. The van der Waals surface area contributed by atoms with Crippen LogP contribution in [0.15, 0.2) is 74.9 Å². The van der Waals surface area contributed by atoms with Crippen LogP contribution in [0.4, 0.5) is 0 Å². The molecule has 5 aromatic rings. The average molecular weight is 447 g/mol. The number of thioether (sulfide) groups is 1. The summed E-state index contributed by atoms with van der Waals surface area (Å²) in [5.74, 6) is 0.430. The number of para-hydroxylation sites is 1. The Hall–Kier alpha value is -3.23. The van der Waals surface area contributed by atoms with Crippen LogP contribution in [0.2, 0.25) is 0 Å². The van der Waals surface area contributed by atoms with Crippen molar-refractivity contribution in [2.45, 2.75) is 24.8 Å². The zero-order valence-corrected chi connectivity index (χ0v) is 18.5. The molecule has 0 saturated carbocycles. The van der Waals surface area contributed by atoms with Gasteiger partial charge in [0.25, 0.3) is 11.1 Å². The van der Waals surface area contributed by atoms with Gasteiger partial charge in [-0.3, -0.25) is 18.6 Å². The van der Waals surface area contributed by atoms with E-state index in [1.54, 1.807) is 16.8 Å². The summed E-state index contributed by atoms with van der Waals surface area (Å²) in [5, 5.41) is 2.98. The Morgan fingerprint density at radius 3 is 2.74 bits per heavy atom. The Kier molecular flexibility index (Phi) is 4.95. The molecule has 0 amide bonds. The molecule has 0 unspecified atom stereocenters. The maximum absolute atomic E-state index is 13.5. The standard InChI is InChI=1S/C23H18N4O2S2/c1-14-7-8-15(2)19(11-14)27-21(29)17-5-3-4-6-18(17)25-23(27)31-13-16-12-20(28)26-9-10-30-22(26)24-16/h3-12H,13H2,1-2H3. The molecule has 5 rings (SSSR count). The fourth-order valence-corrected chi connectivity index (χ4v) is 5.12. The van der Waals surface area contributed by atoms with Gasteiger partial charge >= 0.3 is 0 Å². The summed E-state index contributed by atoms with van der Waals surface area (Å²) in [6, 6.07) is 14.9. The first-order valence-electron chi connectivity index (χ1n) is 9.69. The normalized spacial score (nSPS) is 11.4. The molecule has 0 atom stereocenters. The molecule has 0 aliphatic rings. The summed E-state index contributed by atoms with van der Waals surface area (Å²) in [5.41, 5.74) is 3.96. The van der Waals surface area contributed by atoms with E-state index in [1.807, 2.05) is 55.6 Å². The van der Waals surface area contributed by atoms with Gasteiger partial charge in [0.2, 0.25) is 0 Å². The zero-order chi connectivity index (χ0) is 21.5. The third-order valence-electron chi connectivity index (χ3n) is 5.06. The molecule has 8 heteroatoms. The molecule has 154 valence electrons. The minimum absolute atomic E-state index is 0.108. The van der Waals surface area contributed by atoms with Gasteiger partial charge < -0.3 is 0 Å². The second kappa shape index (κ2) is 7.79. The van der Waals surface area contributed by atoms with Crippen LogP contribution in [0.1, 0.15) is 16.8 Å². The third kappa shape index (κ3) is 3.58. The predicted molar refractivity (Wildman–Crippen MR) is 126 cm³/mol. The van der Waals surface area contributed by atoms with Crippen molar-refractivity contribution >= 4 is 39.0 Å². The largest absolute Gasteiger partial charge is 0.269 e. The Balaban J connectivity index is 1.65. The van der Waals surface area contributed by atoms with E-state index < -0.39 is 0 Å². The Morgan fingerprint density at radius 1 is 1.03 bits per heavy atom. The maximum Gasteiger partial charge on any atom is 0.266 e. The van der Waals surface area contributed by atoms with E-state index in [1.165, 1.54) is 33.6 Å². The lowest BCUT2D eigenvalue weighted by Crippen LogP contribution is -2.22. The van der Waals surface area contributed by atoms with Crippen molar-refractivity contribution in [3.8, 4) is 5.69 Å². The van der Waals surface area contributed by atoms with Crippen LogP contribution in [-0.4, -0.2) is 18.9 Å². The van der Waals surface area contributed by atoms with Crippen molar-refractivity contribution in [2.24, 2.45) is 0 Å². The number of rotatable bonds is 4. The lowest BCUT2D eigenvalue weighted by atomic mass is 10.1. The highest BCUT2D eigenvalue weighted by Gasteiger charge is 2.16. The van der Waals surface area contributed by atoms with E-state index in [2.05, 4.69) is 4.98 Å². The number of nitrogens with zero attached hydrogens (tertiary/aromatic N) is 4. The summed E-state index contributed by atoms with van der Waals surface area (Å²) in [7, 11) is 0. The first-order valence-corrected chi connectivity index (χ1v) is 11.6. The number of aromatic nitrogens is 4. The van der Waals surface area contributed by atoms with E-state index in [4.69, 9.17) is 4.98 Å². The highest BCUT2D eigenvalue weighted by Crippen LogP contribution is 2.26. The highest BCUT2D eigenvalue weighted by atomic mass is 32.2. The molecule has 0 aliphatic carbocycles. The van der Waals surface area contributed by atoms with Crippen molar-refractivity contribution in [3.63, 3.8) is 0 Å². The molecule has 0 bridgehead atoms. The Morgan fingerprint density at radius 2 is 1.87 bits per heavy atom.